The number of hydrogen-bond donors (Lipinski definition) is 2. The van der Waals surface area contributed by atoms with Gasteiger partial charge in [-0.25, -0.2) is 0 Å². The van der Waals surface area contributed by atoms with Crippen molar-refractivity contribution in [3.05, 3.63) is 34.9 Å². The molecule has 1 aromatic carbocycles. The zero-order valence-corrected chi connectivity index (χ0v) is 13.0. The average molecular weight is 292 g/mol. The van der Waals surface area contributed by atoms with Gasteiger partial charge < -0.3 is 15.4 Å². The SMILES string of the molecule is CCOCCCNC(=O)CNC(=O)c1cc(C)cc(C)c1. The number of carbonyl (C=O) groups is 2. The molecule has 0 atom stereocenters. The van der Waals surface area contributed by atoms with Gasteiger partial charge in [-0.15, -0.1) is 0 Å². The normalized spacial score (nSPS) is 10.2. The Hall–Kier alpha value is -1.88. The molecule has 2 N–H and O–H groups in total. The Kier molecular flexibility index (Phi) is 7.46. The van der Waals surface area contributed by atoms with Gasteiger partial charge in [-0.2, -0.15) is 0 Å². The van der Waals surface area contributed by atoms with Crippen LogP contribution in [0.3, 0.4) is 0 Å². The van der Waals surface area contributed by atoms with E-state index in [0.717, 1.165) is 17.5 Å². The predicted molar refractivity (Wildman–Crippen MR) is 82.4 cm³/mol. The number of carbonyl (C=O) groups excluding carboxylic acids is 2. The van der Waals surface area contributed by atoms with Gasteiger partial charge in [0.1, 0.15) is 0 Å². The van der Waals surface area contributed by atoms with E-state index in [4.69, 9.17) is 4.74 Å². The van der Waals surface area contributed by atoms with Crippen molar-refractivity contribution in [3.8, 4) is 0 Å². The average Bonchev–Trinajstić information content (AvgIpc) is 2.43. The maximum absolute atomic E-state index is 12.0. The van der Waals surface area contributed by atoms with E-state index in [1.54, 1.807) is 0 Å². The monoisotopic (exact) mass is 292 g/mol. The van der Waals surface area contributed by atoms with Crippen molar-refractivity contribution in [2.24, 2.45) is 0 Å². The van der Waals surface area contributed by atoms with Crippen LogP contribution in [0.2, 0.25) is 0 Å². The smallest absolute Gasteiger partial charge is 0.251 e. The van der Waals surface area contributed by atoms with Crippen molar-refractivity contribution < 1.29 is 14.3 Å². The zero-order chi connectivity index (χ0) is 15.7. The van der Waals surface area contributed by atoms with Gasteiger partial charge in [0.15, 0.2) is 0 Å². The summed E-state index contributed by atoms with van der Waals surface area (Å²) in [4.78, 5) is 23.5. The van der Waals surface area contributed by atoms with Crippen LogP contribution < -0.4 is 10.6 Å². The quantitative estimate of drug-likeness (QED) is 0.715. The van der Waals surface area contributed by atoms with Crippen LogP contribution in [0, 0.1) is 13.8 Å². The summed E-state index contributed by atoms with van der Waals surface area (Å²) in [5.41, 5.74) is 2.64. The Morgan fingerprint density at radius 3 is 2.38 bits per heavy atom. The molecule has 0 aliphatic carbocycles. The molecule has 0 aromatic heterocycles. The lowest BCUT2D eigenvalue weighted by Gasteiger charge is -2.08. The molecule has 0 fully saturated rings. The third-order valence-corrected chi connectivity index (χ3v) is 2.89. The molecule has 0 heterocycles. The van der Waals surface area contributed by atoms with E-state index in [2.05, 4.69) is 10.6 Å². The molecule has 0 aliphatic heterocycles. The molecule has 0 radical (unpaired) electrons. The first-order valence-corrected chi connectivity index (χ1v) is 7.24. The molecule has 1 rings (SSSR count). The summed E-state index contributed by atoms with van der Waals surface area (Å²) in [6.45, 7) is 7.66. The van der Waals surface area contributed by atoms with Crippen LogP contribution in [0.25, 0.3) is 0 Å². The molecule has 1 aromatic rings. The van der Waals surface area contributed by atoms with Crippen LogP contribution in [0.1, 0.15) is 34.8 Å². The minimum atomic E-state index is -0.230. The number of hydrogen-bond acceptors (Lipinski definition) is 3. The number of ether oxygens (including phenoxy) is 1. The van der Waals surface area contributed by atoms with E-state index >= 15 is 0 Å². The van der Waals surface area contributed by atoms with Gasteiger partial charge in [0.25, 0.3) is 5.91 Å². The van der Waals surface area contributed by atoms with E-state index in [1.165, 1.54) is 0 Å². The highest BCUT2D eigenvalue weighted by Crippen LogP contribution is 2.08. The van der Waals surface area contributed by atoms with Crippen LogP contribution in [0.5, 0.6) is 0 Å². The van der Waals surface area contributed by atoms with Crippen molar-refractivity contribution in [2.75, 3.05) is 26.3 Å². The van der Waals surface area contributed by atoms with Gasteiger partial charge in [-0.1, -0.05) is 17.2 Å². The Morgan fingerprint density at radius 1 is 1.10 bits per heavy atom. The second-order valence-corrected chi connectivity index (χ2v) is 4.96. The summed E-state index contributed by atoms with van der Waals surface area (Å²) in [7, 11) is 0. The molecule has 116 valence electrons. The Balaban J connectivity index is 2.30. The van der Waals surface area contributed by atoms with Crippen LogP contribution in [-0.4, -0.2) is 38.1 Å². The number of aryl methyl sites for hydroxylation is 2. The summed E-state index contributed by atoms with van der Waals surface area (Å²) in [6.07, 6.45) is 0.768. The summed E-state index contributed by atoms with van der Waals surface area (Å²) >= 11 is 0. The van der Waals surface area contributed by atoms with Crippen LogP contribution in [0.15, 0.2) is 18.2 Å². The van der Waals surface area contributed by atoms with E-state index in [1.807, 2.05) is 39.0 Å². The fourth-order valence-electron chi connectivity index (χ4n) is 1.98. The maximum Gasteiger partial charge on any atom is 0.251 e. The van der Waals surface area contributed by atoms with E-state index < -0.39 is 0 Å². The maximum atomic E-state index is 12.0. The van der Waals surface area contributed by atoms with Crippen molar-refractivity contribution in [1.29, 1.82) is 0 Å². The summed E-state index contributed by atoms with van der Waals surface area (Å²) in [5.74, 6) is -0.421. The van der Waals surface area contributed by atoms with Gasteiger partial charge >= 0.3 is 0 Å². The Morgan fingerprint density at radius 2 is 1.76 bits per heavy atom. The first kappa shape index (κ1) is 17.2. The molecular formula is C16H24N2O3. The third kappa shape index (κ3) is 6.90. The van der Waals surface area contributed by atoms with E-state index in [0.29, 0.717) is 25.3 Å². The minimum absolute atomic E-state index is 0.0134. The lowest BCUT2D eigenvalue weighted by molar-refractivity contribution is -0.120. The highest BCUT2D eigenvalue weighted by atomic mass is 16.5. The molecule has 5 nitrogen and oxygen atoms in total. The number of benzene rings is 1. The van der Waals surface area contributed by atoms with Crippen LogP contribution >= 0.6 is 0 Å². The van der Waals surface area contributed by atoms with Gasteiger partial charge in [-0.3, -0.25) is 9.59 Å². The largest absolute Gasteiger partial charge is 0.382 e. The van der Waals surface area contributed by atoms with Gasteiger partial charge in [-0.05, 0) is 39.3 Å². The highest BCUT2D eigenvalue weighted by molar-refractivity contribution is 5.96. The summed E-state index contributed by atoms with van der Waals surface area (Å²) < 4.78 is 5.17. The molecule has 0 aliphatic rings. The lowest BCUT2D eigenvalue weighted by Crippen LogP contribution is -2.37. The number of nitrogens with one attached hydrogen (secondary N) is 2. The Bertz CT molecular complexity index is 466. The van der Waals surface area contributed by atoms with Crippen LogP contribution in [0.4, 0.5) is 0 Å². The first-order valence-electron chi connectivity index (χ1n) is 7.24. The van der Waals surface area contributed by atoms with E-state index in [9.17, 15) is 9.59 Å². The van der Waals surface area contributed by atoms with Crippen molar-refractivity contribution in [2.45, 2.75) is 27.2 Å². The summed E-state index contributed by atoms with van der Waals surface area (Å²) in [5, 5.41) is 5.36. The third-order valence-electron chi connectivity index (χ3n) is 2.89. The second-order valence-electron chi connectivity index (χ2n) is 4.96. The van der Waals surface area contributed by atoms with Crippen LogP contribution in [-0.2, 0) is 9.53 Å². The predicted octanol–water partition coefficient (Wildman–Crippen LogP) is 1.58. The first-order chi connectivity index (χ1) is 10.0. The number of rotatable bonds is 8. The van der Waals surface area contributed by atoms with Gasteiger partial charge in [0.05, 0.1) is 6.54 Å². The molecule has 0 saturated heterocycles. The van der Waals surface area contributed by atoms with Gasteiger partial charge in [0, 0.05) is 25.3 Å². The van der Waals surface area contributed by atoms with Gasteiger partial charge in [0.2, 0.25) is 5.91 Å². The highest BCUT2D eigenvalue weighted by Gasteiger charge is 2.08. The molecular weight excluding hydrogens is 268 g/mol. The second kappa shape index (κ2) is 9.13. The molecule has 0 saturated carbocycles. The molecule has 0 bridgehead atoms. The molecule has 0 spiro atoms. The standard InChI is InChI=1S/C16H24N2O3/c1-4-21-7-5-6-17-15(19)11-18-16(20)14-9-12(2)8-13(3)10-14/h8-10H,4-7,11H2,1-3H3,(H,17,19)(H,18,20). The zero-order valence-electron chi connectivity index (χ0n) is 13.0. The molecule has 0 unspecified atom stereocenters. The van der Waals surface area contributed by atoms with Crippen molar-refractivity contribution in [3.63, 3.8) is 0 Å². The topological polar surface area (TPSA) is 67.4 Å². The van der Waals surface area contributed by atoms with Crippen molar-refractivity contribution in [1.82, 2.24) is 10.6 Å². The fourth-order valence-corrected chi connectivity index (χ4v) is 1.98. The molecule has 5 heteroatoms. The fraction of sp³-hybridized carbons (Fsp3) is 0.500. The molecule has 2 amide bonds. The molecule has 21 heavy (non-hydrogen) atoms. The Labute approximate surface area is 126 Å². The number of amides is 2. The lowest BCUT2D eigenvalue weighted by atomic mass is 10.1. The van der Waals surface area contributed by atoms with Crippen molar-refractivity contribution >= 4 is 11.8 Å². The van der Waals surface area contributed by atoms with E-state index in [-0.39, 0.29) is 18.4 Å². The minimum Gasteiger partial charge on any atom is -0.382 e. The summed E-state index contributed by atoms with van der Waals surface area (Å²) in [6, 6.07) is 5.62.